The normalized spacial score (nSPS) is 11.7. The molecule has 38 heavy (non-hydrogen) atoms. The van der Waals surface area contributed by atoms with Crippen molar-refractivity contribution in [2.24, 2.45) is 0 Å². The summed E-state index contributed by atoms with van der Waals surface area (Å²) in [6.45, 7) is 0.177. The summed E-state index contributed by atoms with van der Waals surface area (Å²) in [6.07, 6.45) is 0.570. The molecule has 1 N–H and O–H groups in total. The molecule has 0 heterocycles. The van der Waals surface area contributed by atoms with E-state index >= 15 is 0 Å². The summed E-state index contributed by atoms with van der Waals surface area (Å²) in [5, 5.41) is 3.72. The van der Waals surface area contributed by atoms with E-state index in [1.165, 1.54) is 0 Å². The average molecular weight is 546 g/mol. The molecular formula is C32H30Cl2N2O2. The van der Waals surface area contributed by atoms with Crippen LogP contribution in [0.25, 0.3) is 0 Å². The van der Waals surface area contributed by atoms with Crippen molar-refractivity contribution in [3.63, 3.8) is 0 Å². The highest BCUT2D eigenvalue weighted by Gasteiger charge is 2.32. The minimum absolute atomic E-state index is 0.141. The maximum absolute atomic E-state index is 14.2. The molecule has 0 spiro atoms. The van der Waals surface area contributed by atoms with Crippen LogP contribution in [-0.4, -0.2) is 29.8 Å². The summed E-state index contributed by atoms with van der Waals surface area (Å²) in [5.74, 6) is -0.545. The Labute approximate surface area is 234 Å². The second-order valence-corrected chi connectivity index (χ2v) is 10.00. The smallest absolute Gasteiger partial charge is 0.242 e. The van der Waals surface area contributed by atoms with Gasteiger partial charge in [0.1, 0.15) is 6.04 Å². The van der Waals surface area contributed by atoms with Crippen LogP contribution >= 0.6 is 23.2 Å². The van der Waals surface area contributed by atoms with Gasteiger partial charge in [-0.05, 0) is 34.4 Å². The van der Waals surface area contributed by atoms with Crippen LogP contribution in [0.1, 0.15) is 34.6 Å². The highest BCUT2D eigenvalue weighted by Crippen LogP contribution is 2.31. The first-order chi connectivity index (χ1) is 18.5. The Bertz CT molecular complexity index is 1310. The van der Waals surface area contributed by atoms with E-state index in [4.69, 9.17) is 23.2 Å². The van der Waals surface area contributed by atoms with Gasteiger partial charge >= 0.3 is 0 Å². The SMILES string of the molecule is CNC(=O)[C@@H](Cc1ccccc1)N(Cc1ccc(Cl)cc1Cl)C(=O)CC(c1ccccc1)c1ccccc1. The lowest BCUT2D eigenvalue weighted by molar-refractivity contribution is -0.141. The van der Waals surface area contributed by atoms with Crippen molar-refractivity contribution in [2.75, 3.05) is 7.05 Å². The van der Waals surface area contributed by atoms with E-state index in [-0.39, 0.29) is 30.7 Å². The van der Waals surface area contributed by atoms with Gasteiger partial charge in [0.05, 0.1) is 0 Å². The summed E-state index contributed by atoms with van der Waals surface area (Å²) >= 11 is 12.7. The maximum atomic E-state index is 14.2. The quantitative estimate of drug-likeness (QED) is 0.236. The summed E-state index contributed by atoms with van der Waals surface area (Å²) in [4.78, 5) is 29.1. The summed E-state index contributed by atoms with van der Waals surface area (Å²) in [7, 11) is 1.59. The fourth-order valence-electron chi connectivity index (χ4n) is 4.64. The lowest BCUT2D eigenvalue weighted by atomic mass is 9.87. The number of hydrogen-bond donors (Lipinski definition) is 1. The van der Waals surface area contributed by atoms with Crippen molar-refractivity contribution in [1.29, 1.82) is 0 Å². The second-order valence-electron chi connectivity index (χ2n) is 9.16. The molecule has 194 valence electrons. The Morgan fingerprint density at radius 1 is 0.789 bits per heavy atom. The fraction of sp³-hybridized carbons (Fsp3) is 0.188. The molecule has 6 heteroatoms. The van der Waals surface area contributed by atoms with Gasteiger partial charge in [0, 0.05) is 42.4 Å². The number of carbonyl (C=O) groups is 2. The van der Waals surface area contributed by atoms with E-state index in [0.29, 0.717) is 16.5 Å². The van der Waals surface area contributed by atoms with Crippen LogP contribution in [0.3, 0.4) is 0 Å². The van der Waals surface area contributed by atoms with Gasteiger partial charge in [-0.3, -0.25) is 9.59 Å². The van der Waals surface area contributed by atoms with Crippen molar-refractivity contribution >= 4 is 35.0 Å². The third kappa shape index (κ3) is 7.03. The van der Waals surface area contributed by atoms with Gasteiger partial charge in [0.15, 0.2) is 0 Å². The summed E-state index contributed by atoms with van der Waals surface area (Å²) < 4.78 is 0. The predicted molar refractivity (Wildman–Crippen MR) is 154 cm³/mol. The largest absolute Gasteiger partial charge is 0.357 e. The molecule has 0 aliphatic rings. The number of benzene rings is 4. The summed E-state index contributed by atoms with van der Waals surface area (Å²) in [6, 6.07) is 34.2. The van der Waals surface area contributed by atoms with E-state index in [9.17, 15) is 9.59 Å². The van der Waals surface area contributed by atoms with Gasteiger partial charge in [-0.25, -0.2) is 0 Å². The first kappa shape index (κ1) is 27.4. The molecule has 0 bridgehead atoms. The highest BCUT2D eigenvalue weighted by molar-refractivity contribution is 6.35. The molecule has 0 radical (unpaired) electrons. The number of nitrogens with zero attached hydrogens (tertiary/aromatic N) is 1. The topological polar surface area (TPSA) is 49.4 Å². The van der Waals surface area contributed by atoms with Crippen molar-refractivity contribution in [2.45, 2.75) is 31.3 Å². The fourth-order valence-corrected chi connectivity index (χ4v) is 5.11. The lowest BCUT2D eigenvalue weighted by Gasteiger charge is -2.33. The van der Waals surface area contributed by atoms with Crippen LogP contribution in [0.15, 0.2) is 109 Å². The molecule has 0 aromatic heterocycles. The maximum Gasteiger partial charge on any atom is 0.242 e. The van der Waals surface area contributed by atoms with Gasteiger partial charge < -0.3 is 10.2 Å². The van der Waals surface area contributed by atoms with Crippen LogP contribution in [0.5, 0.6) is 0 Å². The summed E-state index contributed by atoms with van der Waals surface area (Å²) in [5.41, 5.74) is 3.76. The van der Waals surface area contributed by atoms with Crippen LogP contribution in [0.2, 0.25) is 10.0 Å². The minimum atomic E-state index is -0.728. The Morgan fingerprint density at radius 2 is 1.34 bits per heavy atom. The van der Waals surface area contributed by atoms with Gasteiger partial charge in [-0.15, -0.1) is 0 Å². The Balaban J connectivity index is 1.73. The molecule has 4 aromatic rings. The van der Waals surface area contributed by atoms with Crippen molar-refractivity contribution in [3.8, 4) is 0 Å². The van der Waals surface area contributed by atoms with Gasteiger partial charge in [-0.1, -0.05) is 120 Å². The van der Waals surface area contributed by atoms with E-state index in [2.05, 4.69) is 5.32 Å². The Morgan fingerprint density at radius 3 is 1.87 bits per heavy atom. The molecule has 4 aromatic carbocycles. The molecule has 4 nitrogen and oxygen atoms in total. The molecule has 0 fully saturated rings. The van der Waals surface area contributed by atoms with Crippen LogP contribution in [-0.2, 0) is 22.6 Å². The Hall–Kier alpha value is -3.60. The number of halogens is 2. The second kappa shape index (κ2) is 13.3. The zero-order valence-corrected chi connectivity index (χ0v) is 22.7. The molecule has 4 rings (SSSR count). The number of likely N-dealkylation sites (N-methyl/N-ethyl adjacent to an activating group) is 1. The van der Waals surface area contributed by atoms with Crippen LogP contribution in [0, 0.1) is 0 Å². The number of hydrogen-bond acceptors (Lipinski definition) is 2. The highest BCUT2D eigenvalue weighted by atomic mass is 35.5. The third-order valence-electron chi connectivity index (χ3n) is 6.66. The molecular weight excluding hydrogens is 515 g/mol. The van der Waals surface area contributed by atoms with Crippen molar-refractivity contribution in [1.82, 2.24) is 10.2 Å². The molecule has 0 aliphatic carbocycles. The van der Waals surface area contributed by atoms with Gasteiger partial charge in [-0.2, -0.15) is 0 Å². The first-order valence-corrected chi connectivity index (χ1v) is 13.3. The monoisotopic (exact) mass is 544 g/mol. The van der Waals surface area contributed by atoms with Crippen LogP contribution < -0.4 is 5.32 Å². The van der Waals surface area contributed by atoms with Crippen molar-refractivity contribution < 1.29 is 9.59 Å². The van der Waals surface area contributed by atoms with E-state index in [0.717, 1.165) is 22.3 Å². The minimum Gasteiger partial charge on any atom is -0.357 e. The van der Waals surface area contributed by atoms with E-state index in [1.807, 2.05) is 91.0 Å². The molecule has 2 amide bonds. The number of nitrogens with one attached hydrogen (secondary N) is 1. The van der Waals surface area contributed by atoms with Gasteiger partial charge in [0.25, 0.3) is 0 Å². The number of carbonyl (C=O) groups excluding carboxylic acids is 2. The lowest BCUT2D eigenvalue weighted by Crippen LogP contribution is -2.50. The zero-order valence-electron chi connectivity index (χ0n) is 21.2. The number of amides is 2. The first-order valence-electron chi connectivity index (χ1n) is 12.5. The van der Waals surface area contributed by atoms with Gasteiger partial charge in [0.2, 0.25) is 11.8 Å². The van der Waals surface area contributed by atoms with Crippen molar-refractivity contribution in [3.05, 3.63) is 141 Å². The van der Waals surface area contributed by atoms with E-state index in [1.54, 1.807) is 30.1 Å². The zero-order chi connectivity index (χ0) is 26.9. The molecule has 0 aliphatic heterocycles. The van der Waals surface area contributed by atoms with Crippen LogP contribution in [0.4, 0.5) is 0 Å². The number of rotatable bonds is 10. The van der Waals surface area contributed by atoms with E-state index < -0.39 is 6.04 Å². The molecule has 0 saturated heterocycles. The Kier molecular flexibility index (Phi) is 9.58. The molecule has 0 unspecified atom stereocenters. The average Bonchev–Trinajstić information content (AvgIpc) is 2.95. The molecule has 1 atom stereocenters. The predicted octanol–water partition coefficient (Wildman–Crippen LogP) is 6.90. The third-order valence-corrected chi connectivity index (χ3v) is 7.24. The standard InChI is InChI=1S/C32H30Cl2N2O2/c1-35-32(38)30(19-23-11-5-2-6-12-23)36(22-26-17-18-27(33)20-29(26)34)31(37)21-28(24-13-7-3-8-14-24)25-15-9-4-10-16-25/h2-18,20,28,30H,19,21-22H2,1H3,(H,35,38)/t30-/m1/s1. The molecule has 0 saturated carbocycles.